The standard InChI is InChI=1S/C22H18Cl2FNO2/c1-12-8-9-13(10-16(12)24)26-18-6-3-7-19(27)22(18)14(11-20(26)28)21-15(23)4-2-5-17(21)25/h2,4-5,8-10,14H,3,6-7,11H2,1H3. The number of hydrogen-bond acceptors (Lipinski definition) is 2. The number of amides is 1. The molecule has 0 saturated heterocycles. The van der Waals surface area contributed by atoms with Gasteiger partial charge in [0.1, 0.15) is 5.82 Å². The normalized spacial score (nSPS) is 19.9. The van der Waals surface area contributed by atoms with Gasteiger partial charge in [0.05, 0.1) is 5.69 Å². The minimum atomic E-state index is -0.666. The van der Waals surface area contributed by atoms with Crippen molar-refractivity contribution >= 4 is 40.6 Å². The highest BCUT2D eigenvalue weighted by molar-refractivity contribution is 6.32. The molecule has 1 aliphatic carbocycles. The number of nitrogens with zero attached hydrogens (tertiary/aromatic N) is 1. The van der Waals surface area contributed by atoms with Gasteiger partial charge < -0.3 is 0 Å². The van der Waals surface area contributed by atoms with Gasteiger partial charge in [-0.25, -0.2) is 4.39 Å². The van der Waals surface area contributed by atoms with Gasteiger partial charge in [-0.15, -0.1) is 0 Å². The van der Waals surface area contributed by atoms with E-state index in [1.54, 1.807) is 17.0 Å². The fraction of sp³-hybridized carbons (Fsp3) is 0.273. The number of ketones is 1. The monoisotopic (exact) mass is 417 g/mol. The zero-order valence-corrected chi connectivity index (χ0v) is 16.8. The topological polar surface area (TPSA) is 37.4 Å². The molecule has 1 amide bonds. The van der Waals surface area contributed by atoms with Crippen LogP contribution >= 0.6 is 23.2 Å². The number of allylic oxidation sites excluding steroid dienone is 2. The van der Waals surface area contributed by atoms with Crippen LogP contribution in [0.25, 0.3) is 0 Å². The first-order chi connectivity index (χ1) is 13.4. The predicted molar refractivity (Wildman–Crippen MR) is 108 cm³/mol. The first-order valence-electron chi connectivity index (χ1n) is 9.17. The fourth-order valence-corrected chi connectivity index (χ4v) is 4.57. The van der Waals surface area contributed by atoms with Crippen LogP contribution in [0, 0.1) is 12.7 Å². The zero-order chi connectivity index (χ0) is 20.0. The molecule has 1 unspecified atom stereocenters. The summed E-state index contributed by atoms with van der Waals surface area (Å²) in [4.78, 5) is 27.6. The maximum Gasteiger partial charge on any atom is 0.232 e. The van der Waals surface area contributed by atoms with Gasteiger partial charge in [0, 0.05) is 45.6 Å². The van der Waals surface area contributed by atoms with E-state index in [1.807, 2.05) is 19.1 Å². The number of aryl methyl sites for hydroxylation is 1. The lowest BCUT2D eigenvalue weighted by molar-refractivity contribution is -0.119. The summed E-state index contributed by atoms with van der Waals surface area (Å²) in [5, 5.41) is 0.781. The van der Waals surface area contributed by atoms with E-state index in [0.717, 1.165) is 5.56 Å². The molecule has 0 spiro atoms. The summed E-state index contributed by atoms with van der Waals surface area (Å²) in [6, 6.07) is 9.81. The Morgan fingerprint density at radius 1 is 1.07 bits per heavy atom. The lowest BCUT2D eigenvalue weighted by Crippen LogP contribution is -2.40. The van der Waals surface area contributed by atoms with Crippen molar-refractivity contribution in [3.8, 4) is 0 Å². The van der Waals surface area contributed by atoms with Crippen molar-refractivity contribution in [2.45, 2.75) is 38.5 Å². The largest absolute Gasteiger partial charge is 0.294 e. The third kappa shape index (κ3) is 3.15. The minimum Gasteiger partial charge on any atom is -0.294 e. The van der Waals surface area contributed by atoms with E-state index in [-0.39, 0.29) is 28.7 Å². The summed E-state index contributed by atoms with van der Waals surface area (Å²) in [6.45, 7) is 1.88. The maximum absolute atomic E-state index is 14.6. The molecule has 1 aliphatic heterocycles. The summed E-state index contributed by atoms with van der Waals surface area (Å²) >= 11 is 12.5. The molecular weight excluding hydrogens is 400 g/mol. The number of Topliss-reactive ketones (excluding diaryl/α,β-unsaturated/α-hetero) is 1. The Morgan fingerprint density at radius 2 is 1.86 bits per heavy atom. The molecule has 1 atom stereocenters. The second kappa shape index (κ2) is 7.34. The Bertz CT molecular complexity index is 1010. The number of anilines is 1. The molecule has 0 fully saturated rings. The highest BCUT2D eigenvalue weighted by Crippen LogP contribution is 2.45. The molecule has 144 valence electrons. The van der Waals surface area contributed by atoms with Gasteiger partial charge in [-0.2, -0.15) is 0 Å². The van der Waals surface area contributed by atoms with Crippen molar-refractivity contribution in [1.82, 2.24) is 0 Å². The summed E-state index contributed by atoms with van der Waals surface area (Å²) in [6.07, 6.45) is 1.59. The molecule has 0 bridgehead atoms. The van der Waals surface area contributed by atoms with Crippen LogP contribution in [-0.2, 0) is 9.59 Å². The minimum absolute atomic E-state index is 0.0171. The molecular formula is C22H18Cl2FNO2. The fourth-order valence-electron chi connectivity index (χ4n) is 4.10. The van der Waals surface area contributed by atoms with Crippen molar-refractivity contribution in [1.29, 1.82) is 0 Å². The van der Waals surface area contributed by atoms with E-state index in [0.29, 0.717) is 41.2 Å². The highest BCUT2D eigenvalue weighted by atomic mass is 35.5. The average molecular weight is 418 g/mol. The van der Waals surface area contributed by atoms with Gasteiger partial charge in [-0.05, 0) is 49.6 Å². The van der Waals surface area contributed by atoms with Crippen molar-refractivity contribution in [2.75, 3.05) is 4.90 Å². The molecule has 0 radical (unpaired) electrons. The highest BCUT2D eigenvalue weighted by Gasteiger charge is 2.41. The van der Waals surface area contributed by atoms with Crippen LogP contribution in [0.2, 0.25) is 10.0 Å². The van der Waals surface area contributed by atoms with Crippen molar-refractivity contribution < 1.29 is 14.0 Å². The van der Waals surface area contributed by atoms with E-state index >= 15 is 0 Å². The number of benzene rings is 2. The van der Waals surface area contributed by atoms with E-state index in [4.69, 9.17) is 23.2 Å². The van der Waals surface area contributed by atoms with Crippen LogP contribution in [0.15, 0.2) is 47.7 Å². The lowest BCUT2D eigenvalue weighted by atomic mass is 9.77. The molecule has 6 heteroatoms. The third-order valence-electron chi connectivity index (χ3n) is 5.44. The Balaban J connectivity index is 1.91. The SMILES string of the molecule is Cc1ccc(N2C(=O)CC(c3c(F)cccc3Cl)C3=C2CCCC3=O)cc1Cl. The van der Waals surface area contributed by atoms with Crippen LogP contribution in [-0.4, -0.2) is 11.7 Å². The first kappa shape index (κ1) is 19.2. The van der Waals surface area contributed by atoms with E-state index in [1.165, 1.54) is 12.1 Å². The number of carbonyl (C=O) groups is 2. The Labute approximate surface area is 172 Å². The van der Waals surface area contributed by atoms with E-state index in [2.05, 4.69) is 0 Å². The number of carbonyl (C=O) groups excluding carboxylic acids is 2. The summed E-state index contributed by atoms with van der Waals surface area (Å²) in [7, 11) is 0. The van der Waals surface area contributed by atoms with Crippen LogP contribution in [0.1, 0.15) is 42.7 Å². The molecule has 0 aromatic heterocycles. The quantitative estimate of drug-likeness (QED) is 0.603. The van der Waals surface area contributed by atoms with Crippen molar-refractivity contribution in [3.63, 3.8) is 0 Å². The number of halogens is 3. The van der Waals surface area contributed by atoms with Gasteiger partial charge in [-0.1, -0.05) is 35.3 Å². The van der Waals surface area contributed by atoms with E-state index < -0.39 is 11.7 Å². The molecule has 0 N–H and O–H groups in total. The summed E-state index contributed by atoms with van der Waals surface area (Å²) in [5.74, 6) is -1.41. The molecule has 28 heavy (non-hydrogen) atoms. The predicted octanol–water partition coefficient (Wildman–Crippen LogP) is 5.97. The summed E-state index contributed by atoms with van der Waals surface area (Å²) in [5.41, 5.74) is 2.88. The average Bonchev–Trinajstić information content (AvgIpc) is 2.64. The second-order valence-electron chi connectivity index (χ2n) is 7.19. The molecule has 2 aliphatic rings. The van der Waals surface area contributed by atoms with Gasteiger partial charge >= 0.3 is 0 Å². The molecule has 3 nitrogen and oxygen atoms in total. The van der Waals surface area contributed by atoms with Gasteiger partial charge in [0.15, 0.2) is 5.78 Å². The first-order valence-corrected chi connectivity index (χ1v) is 9.93. The number of rotatable bonds is 2. The van der Waals surface area contributed by atoms with Gasteiger partial charge in [0.25, 0.3) is 0 Å². The van der Waals surface area contributed by atoms with Crippen LogP contribution in [0.4, 0.5) is 10.1 Å². The Morgan fingerprint density at radius 3 is 2.57 bits per heavy atom. The van der Waals surface area contributed by atoms with Gasteiger partial charge in [0.2, 0.25) is 5.91 Å². The summed E-state index contributed by atoms with van der Waals surface area (Å²) < 4.78 is 14.6. The third-order valence-corrected chi connectivity index (χ3v) is 6.17. The number of hydrogen-bond donors (Lipinski definition) is 0. The Hall–Kier alpha value is -2.17. The van der Waals surface area contributed by atoms with Crippen molar-refractivity contribution in [2.24, 2.45) is 0 Å². The van der Waals surface area contributed by atoms with Crippen LogP contribution in [0.3, 0.4) is 0 Å². The van der Waals surface area contributed by atoms with E-state index in [9.17, 15) is 14.0 Å². The lowest BCUT2D eigenvalue weighted by Gasteiger charge is -2.38. The maximum atomic E-state index is 14.6. The van der Waals surface area contributed by atoms with Gasteiger partial charge in [-0.3, -0.25) is 14.5 Å². The van der Waals surface area contributed by atoms with Crippen molar-refractivity contribution in [3.05, 3.63) is 74.7 Å². The van der Waals surface area contributed by atoms with Crippen LogP contribution < -0.4 is 4.90 Å². The Kier molecular flexibility index (Phi) is 5.02. The molecule has 1 heterocycles. The smallest absolute Gasteiger partial charge is 0.232 e. The molecule has 0 saturated carbocycles. The van der Waals surface area contributed by atoms with Crippen LogP contribution in [0.5, 0.6) is 0 Å². The molecule has 2 aromatic carbocycles. The zero-order valence-electron chi connectivity index (χ0n) is 15.3. The molecule has 4 rings (SSSR count). The molecule has 2 aromatic rings. The second-order valence-corrected chi connectivity index (χ2v) is 8.01.